The number of halogens is 3. The second-order valence-corrected chi connectivity index (χ2v) is 6.95. The number of amides is 1. The molecule has 1 fully saturated rings. The summed E-state index contributed by atoms with van der Waals surface area (Å²) in [5.74, 6) is -1.10. The van der Waals surface area contributed by atoms with Crippen molar-refractivity contribution in [3.63, 3.8) is 0 Å². The van der Waals surface area contributed by atoms with E-state index in [4.69, 9.17) is 4.42 Å². The number of carbonyl (C=O) groups is 1. The van der Waals surface area contributed by atoms with Gasteiger partial charge in [-0.3, -0.25) is 9.78 Å². The highest BCUT2D eigenvalue weighted by Gasteiger charge is 2.27. The molecule has 0 spiro atoms. The van der Waals surface area contributed by atoms with Gasteiger partial charge >= 0.3 is 6.61 Å². The van der Waals surface area contributed by atoms with Crippen LogP contribution in [-0.2, 0) is 6.42 Å². The van der Waals surface area contributed by atoms with E-state index in [1.54, 1.807) is 6.20 Å². The number of rotatable bonds is 6. The van der Waals surface area contributed by atoms with Gasteiger partial charge in [-0.2, -0.15) is 8.78 Å². The lowest BCUT2D eigenvalue weighted by atomic mass is 10.1. The molecule has 1 aliphatic heterocycles. The Morgan fingerprint density at radius 1 is 1.33 bits per heavy atom. The molecule has 0 radical (unpaired) electrons. The largest absolute Gasteiger partial charge is 0.432 e. The van der Waals surface area contributed by atoms with E-state index in [9.17, 15) is 18.0 Å². The molecule has 10 heteroatoms. The lowest BCUT2D eigenvalue weighted by Crippen LogP contribution is -2.37. The zero-order valence-electron chi connectivity index (χ0n) is 16.1. The number of carbonyl (C=O) groups excluding carboxylic acids is 1. The van der Waals surface area contributed by atoms with Crippen molar-refractivity contribution in [3.8, 4) is 5.75 Å². The molecule has 3 aromatic rings. The molecule has 30 heavy (non-hydrogen) atoms. The quantitative estimate of drug-likeness (QED) is 0.657. The van der Waals surface area contributed by atoms with E-state index in [2.05, 4.69) is 20.0 Å². The minimum absolute atomic E-state index is 0.108. The van der Waals surface area contributed by atoms with Crippen molar-refractivity contribution in [1.29, 1.82) is 0 Å². The van der Waals surface area contributed by atoms with Crippen molar-refractivity contribution in [3.05, 3.63) is 47.7 Å². The van der Waals surface area contributed by atoms with Crippen LogP contribution in [0.2, 0.25) is 0 Å². The van der Waals surface area contributed by atoms with Gasteiger partial charge in [-0.25, -0.2) is 9.37 Å². The summed E-state index contributed by atoms with van der Waals surface area (Å²) in [5, 5.41) is 3.23. The predicted molar refractivity (Wildman–Crippen MR) is 102 cm³/mol. The molecule has 0 aliphatic carbocycles. The number of anilines is 1. The molecule has 2 aromatic heterocycles. The second kappa shape index (κ2) is 8.21. The molecule has 1 atom stereocenters. The first-order valence-electron chi connectivity index (χ1n) is 9.47. The number of benzene rings is 1. The van der Waals surface area contributed by atoms with Gasteiger partial charge in [-0.15, -0.1) is 0 Å². The molecule has 4 rings (SSSR count). The van der Waals surface area contributed by atoms with Crippen LogP contribution in [0.3, 0.4) is 0 Å². The molecule has 158 valence electrons. The normalized spacial score (nSPS) is 16.4. The Bertz CT molecular complexity index is 1070. The minimum atomic E-state index is -3.14. The first-order valence-corrected chi connectivity index (χ1v) is 9.47. The lowest BCUT2D eigenvalue weighted by Gasteiger charge is -2.15. The molecule has 0 saturated carbocycles. The van der Waals surface area contributed by atoms with Gasteiger partial charge in [0.25, 0.3) is 11.9 Å². The van der Waals surface area contributed by atoms with Gasteiger partial charge in [-0.05, 0) is 18.6 Å². The van der Waals surface area contributed by atoms with Crippen LogP contribution >= 0.6 is 0 Å². The Balaban J connectivity index is 1.44. The van der Waals surface area contributed by atoms with Crippen molar-refractivity contribution >= 4 is 22.8 Å². The molecule has 1 amide bonds. The highest BCUT2D eigenvalue weighted by atomic mass is 19.3. The maximum atomic E-state index is 14.0. The number of fused-ring (bicyclic) bond motifs is 1. The smallest absolute Gasteiger partial charge is 0.387 e. The van der Waals surface area contributed by atoms with Crippen LogP contribution in [0.25, 0.3) is 10.9 Å². The third kappa shape index (κ3) is 4.17. The average Bonchev–Trinajstić information content (AvgIpc) is 3.37. The lowest BCUT2D eigenvalue weighted by molar-refractivity contribution is -0.0520. The highest BCUT2D eigenvalue weighted by Crippen LogP contribution is 2.26. The van der Waals surface area contributed by atoms with Crippen LogP contribution in [0.15, 0.2) is 35.0 Å². The zero-order chi connectivity index (χ0) is 21.3. The Morgan fingerprint density at radius 3 is 2.90 bits per heavy atom. The van der Waals surface area contributed by atoms with Crippen LogP contribution in [0.5, 0.6) is 5.75 Å². The van der Waals surface area contributed by atoms with E-state index >= 15 is 0 Å². The first kappa shape index (κ1) is 20.0. The summed E-state index contributed by atoms with van der Waals surface area (Å²) in [6.07, 6.45) is 4.49. The number of alkyl halides is 2. The van der Waals surface area contributed by atoms with E-state index in [1.165, 1.54) is 12.3 Å². The number of hydrogen-bond acceptors (Lipinski definition) is 6. The highest BCUT2D eigenvalue weighted by molar-refractivity contribution is 5.97. The Hall–Kier alpha value is -3.30. The van der Waals surface area contributed by atoms with Gasteiger partial charge in [0, 0.05) is 43.2 Å². The third-order valence-electron chi connectivity index (χ3n) is 4.90. The topological polar surface area (TPSA) is 80.5 Å². The van der Waals surface area contributed by atoms with Crippen LogP contribution in [0.4, 0.5) is 19.2 Å². The number of ether oxygens (including phenoxy) is 1. The first-order chi connectivity index (χ1) is 14.4. The van der Waals surface area contributed by atoms with Gasteiger partial charge in [-0.1, -0.05) is 6.92 Å². The van der Waals surface area contributed by atoms with Gasteiger partial charge in [0.05, 0.1) is 17.3 Å². The molecule has 1 unspecified atom stereocenters. The maximum Gasteiger partial charge on any atom is 0.387 e. The molecule has 3 heterocycles. The van der Waals surface area contributed by atoms with E-state index in [1.807, 2.05) is 11.8 Å². The molecule has 7 nitrogen and oxygen atoms in total. The minimum Gasteiger partial charge on any atom is -0.432 e. The Labute approximate surface area is 169 Å². The van der Waals surface area contributed by atoms with E-state index in [0.29, 0.717) is 24.5 Å². The van der Waals surface area contributed by atoms with Crippen LogP contribution < -0.4 is 15.0 Å². The summed E-state index contributed by atoms with van der Waals surface area (Å²) >= 11 is 0. The summed E-state index contributed by atoms with van der Waals surface area (Å²) in [7, 11) is 0. The van der Waals surface area contributed by atoms with Crippen molar-refractivity contribution in [2.24, 2.45) is 0 Å². The molecular weight excluding hydrogens is 401 g/mol. The number of aryl methyl sites for hydroxylation is 1. The number of nitrogens with one attached hydrogen (secondary N) is 1. The second-order valence-electron chi connectivity index (χ2n) is 6.95. The van der Waals surface area contributed by atoms with Gasteiger partial charge < -0.3 is 19.4 Å². The molecule has 1 N–H and O–H groups in total. The third-order valence-corrected chi connectivity index (χ3v) is 4.90. The SMILES string of the molecule is CCc1cnc(N2CCC(NC(=O)c3cnc4cc(OC(F)F)c(F)cc4c3)C2)o1. The van der Waals surface area contributed by atoms with Crippen molar-refractivity contribution in [2.45, 2.75) is 32.4 Å². The van der Waals surface area contributed by atoms with Crippen molar-refractivity contribution in [2.75, 3.05) is 18.0 Å². The Morgan fingerprint density at radius 2 is 2.17 bits per heavy atom. The maximum absolute atomic E-state index is 14.0. The summed E-state index contributed by atoms with van der Waals surface area (Å²) < 4.78 is 48.4. The standard InChI is InChI=1S/C20H19F3N4O3/c1-2-14-9-25-20(29-14)27-4-3-13(10-27)26-18(28)12-5-11-6-15(21)17(30-19(22)23)7-16(11)24-8-12/h5-9,13,19H,2-4,10H2,1H3,(H,26,28). The van der Waals surface area contributed by atoms with E-state index in [-0.39, 0.29) is 23.0 Å². The van der Waals surface area contributed by atoms with E-state index in [0.717, 1.165) is 30.7 Å². The molecule has 0 bridgehead atoms. The van der Waals surface area contributed by atoms with Gasteiger partial charge in [0.1, 0.15) is 5.76 Å². The number of nitrogens with zero attached hydrogens (tertiary/aromatic N) is 3. The zero-order valence-corrected chi connectivity index (χ0v) is 16.1. The number of aromatic nitrogens is 2. The summed E-state index contributed by atoms with van der Waals surface area (Å²) in [4.78, 5) is 22.9. The molecule has 1 aromatic carbocycles. The molecule has 1 aliphatic rings. The van der Waals surface area contributed by atoms with Crippen molar-refractivity contribution < 1.29 is 27.1 Å². The number of hydrogen-bond donors (Lipinski definition) is 1. The van der Waals surface area contributed by atoms with Crippen LogP contribution in [0.1, 0.15) is 29.5 Å². The predicted octanol–water partition coefficient (Wildman–Crippen LogP) is 3.53. The van der Waals surface area contributed by atoms with Crippen molar-refractivity contribution in [1.82, 2.24) is 15.3 Å². The fourth-order valence-electron chi connectivity index (χ4n) is 3.37. The van der Waals surface area contributed by atoms with Gasteiger partial charge in [0.2, 0.25) is 0 Å². The molecule has 1 saturated heterocycles. The van der Waals surface area contributed by atoms with Crippen LogP contribution in [0, 0.1) is 5.82 Å². The van der Waals surface area contributed by atoms with E-state index < -0.39 is 18.2 Å². The number of oxazole rings is 1. The Kier molecular flexibility index (Phi) is 5.47. The fraction of sp³-hybridized carbons (Fsp3) is 0.350. The molecular formula is C20H19F3N4O3. The summed E-state index contributed by atoms with van der Waals surface area (Å²) in [6.45, 7) is 0.0908. The fourth-order valence-corrected chi connectivity index (χ4v) is 3.37. The monoisotopic (exact) mass is 420 g/mol. The average molecular weight is 420 g/mol. The summed E-state index contributed by atoms with van der Waals surface area (Å²) in [6, 6.07) is 3.98. The van der Waals surface area contributed by atoms with Crippen LogP contribution in [-0.4, -0.2) is 41.6 Å². The summed E-state index contributed by atoms with van der Waals surface area (Å²) in [5.41, 5.74) is 0.485. The van der Waals surface area contributed by atoms with Gasteiger partial charge in [0.15, 0.2) is 11.6 Å². The number of pyridine rings is 1.